The Bertz CT molecular complexity index is 1260. The van der Waals surface area contributed by atoms with Crippen molar-refractivity contribution in [1.82, 2.24) is 10.2 Å². The van der Waals surface area contributed by atoms with Gasteiger partial charge < -0.3 is 34.6 Å². The molecule has 2 aromatic rings. The molecular formula is C26H30N2O10S. The maximum Gasteiger partial charge on any atom is 0.410 e. The van der Waals surface area contributed by atoms with Crippen molar-refractivity contribution in [2.75, 3.05) is 26.3 Å². The van der Waals surface area contributed by atoms with Crippen LogP contribution in [0.4, 0.5) is 4.79 Å². The third-order valence-corrected chi connectivity index (χ3v) is 6.58. The number of ether oxygens (including phenoxy) is 3. The highest BCUT2D eigenvalue weighted by Gasteiger charge is 2.26. The molecule has 0 aliphatic carbocycles. The van der Waals surface area contributed by atoms with Gasteiger partial charge in [0, 0.05) is 17.0 Å². The van der Waals surface area contributed by atoms with Crippen molar-refractivity contribution < 1.29 is 48.4 Å². The number of ketones is 1. The average Bonchev–Trinajstić information content (AvgIpc) is 3.14. The van der Waals surface area contributed by atoms with E-state index in [1.165, 1.54) is 29.5 Å². The molecule has 210 valence electrons. The molecule has 12 nitrogen and oxygen atoms in total. The van der Waals surface area contributed by atoms with E-state index < -0.39 is 48.5 Å². The first-order valence-electron chi connectivity index (χ1n) is 12.1. The van der Waals surface area contributed by atoms with Crippen LogP contribution in [0.25, 0.3) is 0 Å². The summed E-state index contributed by atoms with van der Waals surface area (Å²) >= 11 is 1.31. The summed E-state index contributed by atoms with van der Waals surface area (Å²) in [5.41, 5.74) is 0.346. The molecule has 2 amide bonds. The second-order valence-corrected chi connectivity index (χ2v) is 10.8. The van der Waals surface area contributed by atoms with E-state index in [-0.39, 0.29) is 23.6 Å². The van der Waals surface area contributed by atoms with Crippen LogP contribution in [0.2, 0.25) is 0 Å². The molecule has 2 heterocycles. The summed E-state index contributed by atoms with van der Waals surface area (Å²) in [6, 6.07) is 5.60. The van der Waals surface area contributed by atoms with E-state index in [1.54, 1.807) is 31.7 Å². The van der Waals surface area contributed by atoms with Gasteiger partial charge >= 0.3 is 18.0 Å². The van der Waals surface area contributed by atoms with Crippen molar-refractivity contribution in [3.63, 3.8) is 0 Å². The van der Waals surface area contributed by atoms with Gasteiger partial charge in [0.25, 0.3) is 5.91 Å². The summed E-state index contributed by atoms with van der Waals surface area (Å²) in [6.45, 7) is 4.50. The van der Waals surface area contributed by atoms with Gasteiger partial charge in [-0.25, -0.2) is 14.4 Å². The molecule has 0 atom stereocenters. The number of Topliss-reactive ketones (excluding diaryl/α,β-unsaturated/α-hetero) is 1. The van der Waals surface area contributed by atoms with Crippen LogP contribution in [0, 0.1) is 0 Å². The first-order chi connectivity index (χ1) is 18.3. The van der Waals surface area contributed by atoms with Crippen molar-refractivity contribution in [2.45, 2.75) is 45.8 Å². The zero-order chi connectivity index (χ0) is 28.7. The van der Waals surface area contributed by atoms with Gasteiger partial charge in [-0.1, -0.05) is 0 Å². The lowest BCUT2D eigenvalue weighted by atomic mass is 10.1. The highest BCUT2D eigenvalue weighted by Crippen LogP contribution is 2.30. The number of carbonyl (C=O) groups is 5. The molecule has 3 N–H and O–H groups in total. The minimum Gasteiger partial charge on any atom is -0.479 e. The molecule has 0 saturated carbocycles. The fourth-order valence-electron chi connectivity index (χ4n) is 3.66. The van der Waals surface area contributed by atoms with E-state index >= 15 is 0 Å². The number of aryl methyl sites for hydroxylation is 1. The van der Waals surface area contributed by atoms with Crippen molar-refractivity contribution in [2.24, 2.45) is 0 Å². The number of hydrogen-bond donors (Lipinski definition) is 3. The zero-order valence-electron chi connectivity index (χ0n) is 21.8. The number of thiophene rings is 1. The van der Waals surface area contributed by atoms with Gasteiger partial charge in [0.2, 0.25) is 0 Å². The Balaban J connectivity index is 1.65. The van der Waals surface area contributed by atoms with Crippen molar-refractivity contribution in [3.8, 4) is 11.5 Å². The molecule has 1 aliphatic rings. The molecule has 0 fully saturated rings. The molecule has 3 rings (SSSR count). The average molecular weight is 563 g/mol. The summed E-state index contributed by atoms with van der Waals surface area (Å²) < 4.78 is 15.7. The number of aliphatic carboxylic acids is 2. The fourth-order valence-corrected chi connectivity index (χ4v) is 4.80. The number of benzene rings is 1. The monoisotopic (exact) mass is 562 g/mol. The summed E-state index contributed by atoms with van der Waals surface area (Å²) in [5.74, 6) is -3.61. The Hall–Kier alpha value is -4.13. The number of amides is 2. The first-order valence-corrected chi connectivity index (χ1v) is 12.9. The van der Waals surface area contributed by atoms with Crippen molar-refractivity contribution in [1.29, 1.82) is 0 Å². The Morgan fingerprint density at radius 1 is 1.00 bits per heavy atom. The molecule has 0 radical (unpaired) electrons. The lowest BCUT2D eigenvalue weighted by molar-refractivity contribution is -0.140. The van der Waals surface area contributed by atoms with Gasteiger partial charge in [0.1, 0.15) is 5.60 Å². The quantitative estimate of drug-likeness (QED) is 0.366. The van der Waals surface area contributed by atoms with E-state index in [0.29, 0.717) is 24.4 Å². The second kappa shape index (κ2) is 12.6. The van der Waals surface area contributed by atoms with Gasteiger partial charge in [-0.15, -0.1) is 11.3 Å². The van der Waals surface area contributed by atoms with Crippen LogP contribution >= 0.6 is 11.3 Å². The van der Waals surface area contributed by atoms with E-state index in [4.69, 9.17) is 24.4 Å². The maximum absolute atomic E-state index is 12.8. The predicted octanol–water partition coefficient (Wildman–Crippen LogP) is 2.97. The van der Waals surface area contributed by atoms with Gasteiger partial charge in [0.15, 0.2) is 30.5 Å². The number of carbonyl (C=O) groups excluding carboxylic acids is 3. The Labute approximate surface area is 228 Å². The van der Waals surface area contributed by atoms with Crippen LogP contribution in [0.15, 0.2) is 24.3 Å². The number of hydrogen-bond acceptors (Lipinski definition) is 9. The van der Waals surface area contributed by atoms with E-state index in [1.807, 2.05) is 0 Å². The van der Waals surface area contributed by atoms with Crippen molar-refractivity contribution >= 4 is 41.1 Å². The van der Waals surface area contributed by atoms with Crippen LogP contribution in [-0.2, 0) is 27.3 Å². The molecule has 1 aromatic carbocycles. The largest absolute Gasteiger partial charge is 0.479 e. The summed E-state index contributed by atoms with van der Waals surface area (Å²) in [6.07, 6.45) is 1.02. The zero-order valence-corrected chi connectivity index (χ0v) is 22.6. The number of nitrogens with zero attached hydrogens (tertiary/aromatic N) is 1. The van der Waals surface area contributed by atoms with E-state index in [9.17, 15) is 24.0 Å². The summed E-state index contributed by atoms with van der Waals surface area (Å²) in [5, 5.41) is 20.3. The second-order valence-electron chi connectivity index (χ2n) is 9.70. The van der Waals surface area contributed by atoms with Gasteiger partial charge in [0.05, 0.1) is 18.0 Å². The molecule has 13 heteroatoms. The Morgan fingerprint density at radius 2 is 1.67 bits per heavy atom. The SMILES string of the molecule is CC(C)(C)OC(=O)N1CCCc2sc(C(=O)NCC(=O)c3ccc(OCC(=O)O)c(OCC(=O)O)c3)cc2C1. The minimum absolute atomic E-state index is 0.0419. The lowest BCUT2D eigenvalue weighted by Gasteiger charge is -2.26. The van der Waals surface area contributed by atoms with Crippen molar-refractivity contribution in [3.05, 3.63) is 45.1 Å². The van der Waals surface area contributed by atoms with Crippen LogP contribution in [0.1, 0.15) is 57.7 Å². The van der Waals surface area contributed by atoms with Crippen LogP contribution in [0.5, 0.6) is 11.5 Å². The topological polar surface area (TPSA) is 169 Å². The highest BCUT2D eigenvalue weighted by molar-refractivity contribution is 7.14. The fraction of sp³-hybridized carbons (Fsp3) is 0.423. The first kappa shape index (κ1) is 29.4. The van der Waals surface area contributed by atoms with E-state index in [0.717, 1.165) is 16.9 Å². The standard InChI is InChI=1S/C26H30N2O10S/c1-26(2,3)38-25(35)28-8-4-5-20-16(12-28)10-21(39-20)24(34)27-11-17(29)15-6-7-18(36-13-22(30)31)19(9-15)37-14-23(32)33/h6-7,9-10H,4-5,8,11-14H2,1-3H3,(H,27,34)(H,30,31)(H,32,33). The van der Waals surface area contributed by atoms with Crippen LogP contribution in [-0.4, -0.2) is 76.7 Å². The third kappa shape index (κ3) is 8.70. The molecule has 0 saturated heterocycles. The number of rotatable bonds is 10. The molecule has 0 bridgehead atoms. The molecule has 0 spiro atoms. The smallest absolute Gasteiger partial charge is 0.410 e. The lowest BCUT2D eigenvalue weighted by Crippen LogP contribution is -2.36. The van der Waals surface area contributed by atoms with Gasteiger partial charge in [-0.3, -0.25) is 9.59 Å². The van der Waals surface area contributed by atoms with Gasteiger partial charge in [-0.2, -0.15) is 0 Å². The number of nitrogens with one attached hydrogen (secondary N) is 1. The molecule has 39 heavy (non-hydrogen) atoms. The molecular weight excluding hydrogens is 532 g/mol. The molecule has 1 aromatic heterocycles. The van der Waals surface area contributed by atoms with Crippen LogP contribution in [0.3, 0.4) is 0 Å². The molecule has 0 unspecified atom stereocenters. The normalized spacial score (nSPS) is 13.1. The predicted molar refractivity (Wildman–Crippen MR) is 139 cm³/mol. The molecule has 1 aliphatic heterocycles. The van der Waals surface area contributed by atoms with Crippen LogP contribution < -0.4 is 14.8 Å². The third-order valence-electron chi connectivity index (χ3n) is 5.34. The number of carboxylic acids is 2. The Morgan fingerprint density at radius 3 is 2.31 bits per heavy atom. The van der Waals surface area contributed by atoms with E-state index in [2.05, 4.69) is 5.32 Å². The Kier molecular flexibility index (Phi) is 9.51. The maximum atomic E-state index is 12.8. The number of carboxylic acid groups (broad SMARTS) is 2. The highest BCUT2D eigenvalue weighted by atomic mass is 32.1. The summed E-state index contributed by atoms with van der Waals surface area (Å²) in [4.78, 5) is 62.8. The minimum atomic E-state index is -1.27. The number of fused-ring (bicyclic) bond motifs is 1. The van der Waals surface area contributed by atoms with Gasteiger partial charge in [-0.05, 0) is 63.4 Å². The summed E-state index contributed by atoms with van der Waals surface area (Å²) in [7, 11) is 0.